The molecular weight excluding hydrogens is 342 g/mol. The van der Waals surface area contributed by atoms with Crippen molar-refractivity contribution in [3.8, 4) is 5.75 Å². The van der Waals surface area contributed by atoms with Crippen molar-refractivity contribution in [2.24, 2.45) is 0 Å². The van der Waals surface area contributed by atoms with Gasteiger partial charge in [0.25, 0.3) is 5.91 Å². The number of carbonyl (C=O) groups excluding carboxylic acids is 1. The minimum absolute atomic E-state index is 0.0252. The molecule has 3 rings (SSSR count). The molecule has 2 aromatic carbocycles. The van der Waals surface area contributed by atoms with E-state index in [4.69, 9.17) is 4.74 Å². The third kappa shape index (κ3) is 3.61. The lowest BCUT2D eigenvalue weighted by atomic mass is 10.1. The summed E-state index contributed by atoms with van der Waals surface area (Å²) in [6.45, 7) is 1.80. The molecule has 0 heterocycles. The highest BCUT2D eigenvalue weighted by Gasteiger charge is 2.21. The van der Waals surface area contributed by atoms with E-state index in [1.54, 1.807) is 6.92 Å². The van der Waals surface area contributed by atoms with E-state index in [1.165, 1.54) is 12.8 Å². The van der Waals surface area contributed by atoms with Gasteiger partial charge in [0.15, 0.2) is 6.10 Å². The lowest BCUT2D eigenvalue weighted by molar-refractivity contribution is -0.127. The lowest BCUT2D eigenvalue weighted by Crippen LogP contribution is -2.41. The van der Waals surface area contributed by atoms with E-state index in [-0.39, 0.29) is 5.91 Å². The molecule has 0 aliphatic heterocycles. The molecule has 2 aromatic rings. The maximum Gasteiger partial charge on any atom is 0.260 e. The summed E-state index contributed by atoms with van der Waals surface area (Å²) in [6, 6.07) is 12.3. The fourth-order valence-electron chi connectivity index (χ4n) is 2.91. The number of ether oxygens (including phenoxy) is 1. The van der Waals surface area contributed by atoms with Gasteiger partial charge in [-0.25, -0.2) is 0 Å². The first kappa shape index (κ1) is 15.3. The van der Waals surface area contributed by atoms with Crippen molar-refractivity contribution < 1.29 is 9.53 Å². The molecule has 0 bridgehead atoms. The Kier molecular flexibility index (Phi) is 4.67. The Hall–Kier alpha value is -1.55. The number of amides is 1. The van der Waals surface area contributed by atoms with Gasteiger partial charge in [-0.1, -0.05) is 40.9 Å². The SMILES string of the molecule is C[C@@H](Oc1ccc2cc(Br)ccc2c1)C(=O)NC1CCCC1. The zero-order valence-electron chi connectivity index (χ0n) is 12.6. The van der Waals surface area contributed by atoms with Crippen LogP contribution >= 0.6 is 15.9 Å². The van der Waals surface area contributed by atoms with Gasteiger partial charge in [-0.05, 0) is 54.8 Å². The van der Waals surface area contributed by atoms with Crippen LogP contribution in [0.25, 0.3) is 10.8 Å². The van der Waals surface area contributed by atoms with Crippen LogP contribution in [0.2, 0.25) is 0 Å². The van der Waals surface area contributed by atoms with Gasteiger partial charge in [-0.3, -0.25) is 4.79 Å². The first-order valence-electron chi connectivity index (χ1n) is 7.78. The predicted molar refractivity (Wildman–Crippen MR) is 92.1 cm³/mol. The summed E-state index contributed by atoms with van der Waals surface area (Å²) >= 11 is 3.47. The van der Waals surface area contributed by atoms with Crippen molar-refractivity contribution in [3.05, 3.63) is 40.9 Å². The van der Waals surface area contributed by atoms with Crippen molar-refractivity contribution in [3.63, 3.8) is 0 Å². The van der Waals surface area contributed by atoms with E-state index in [1.807, 2.05) is 30.3 Å². The smallest absolute Gasteiger partial charge is 0.260 e. The predicted octanol–water partition coefficient (Wildman–Crippen LogP) is 4.43. The third-order valence-corrected chi connectivity index (χ3v) is 4.65. The van der Waals surface area contributed by atoms with Gasteiger partial charge < -0.3 is 10.1 Å². The molecule has 1 aliphatic carbocycles. The highest BCUT2D eigenvalue weighted by Crippen LogP contribution is 2.25. The largest absolute Gasteiger partial charge is 0.481 e. The Labute approximate surface area is 139 Å². The maximum atomic E-state index is 12.2. The van der Waals surface area contributed by atoms with Gasteiger partial charge in [0, 0.05) is 10.5 Å². The quantitative estimate of drug-likeness (QED) is 0.874. The second kappa shape index (κ2) is 6.69. The van der Waals surface area contributed by atoms with E-state index in [9.17, 15) is 4.79 Å². The number of halogens is 1. The molecule has 1 fully saturated rings. The Bertz CT molecular complexity index is 680. The molecule has 0 unspecified atom stereocenters. The molecule has 22 heavy (non-hydrogen) atoms. The monoisotopic (exact) mass is 361 g/mol. The van der Waals surface area contributed by atoms with Gasteiger partial charge in [0.05, 0.1) is 0 Å². The number of rotatable bonds is 4. The van der Waals surface area contributed by atoms with Crippen LogP contribution in [0.5, 0.6) is 5.75 Å². The molecule has 3 nitrogen and oxygen atoms in total. The van der Waals surface area contributed by atoms with Crippen LogP contribution in [0, 0.1) is 0 Å². The van der Waals surface area contributed by atoms with Gasteiger partial charge >= 0.3 is 0 Å². The average Bonchev–Trinajstić information content (AvgIpc) is 3.00. The van der Waals surface area contributed by atoms with Crippen molar-refractivity contribution in [2.75, 3.05) is 0 Å². The Balaban J connectivity index is 1.66. The van der Waals surface area contributed by atoms with E-state index in [0.717, 1.165) is 33.8 Å². The van der Waals surface area contributed by atoms with Crippen molar-refractivity contribution >= 4 is 32.6 Å². The summed E-state index contributed by atoms with van der Waals surface area (Å²) in [5.74, 6) is 0.701. The molecule has 0 spiro atoms. The van der Waals surface area contributed by atoms with Crippen LogP contribution in [-0.2, 0) is 4.79 Å². The van der Waals surface area contributed by atoms with Crippen LogP contribution < -0.4 is 10.1 Å². The van der Waals surface area contributed by atoms with Crippen molar-refractivity contribution in [1.29, 1.82) is 0 Å². The van der Waals surface area contributed by atoms with Crippen molar-refractivity contribution in [1.82, 2.24) is 5.32 Å². The molecule has 1 atom stereocenters. The Morgan fingerprint density at radius 2 is 1.86 bits per heavy atom. The van der Waals surface area contributed by atoms with E-state index < -0.39 is 6.10 Å². The Morgan fingerprint density at radius 3 is 2.64 bits per heavy atom. The first-order chi connectivity index (χ1) is 10.6. The third-order valence-electron chi connectivity index (χ3n) is 4.16. The Morgan fingerprint density at radius 1 is 1.18 bits per heavy atom. The summed E-state index contributed by atoms with van der Waals surface area (Å²) < 4.78 is 6.85. The summed E-state index contributed by atoms with van der Waals surface area (Å²) in [7, 11) is 0. The molecule has 116 valence electrons. The minimum Gasteiger partial charge on any atom is -0.481 e. The van der Waals surface area contributed by atoms with Crippen LogP contribution in [0.1, 0.15) is 32.6 Å². The fourth-order valence-corrected chi connectivity index (χ4v) is 3.29. The van der Waals surface area contributed by atoms with Gasteiger partial charge in [-0.15, -0.1) is 0 Å². The van der Waals surface area contributed by atoms with E-state index in [0.29, 0.717) is 6.04 Å². The van der Waals surface area contributed by atoms with Crippen molar-refractivity contribution in [2.45, 2.75) is 44.8 Å². The van der Waals surface area contributed by atoms with Gasteiger partial charge in [-0.2, -0.15) is 0 Å². The topological polar surface area (TPSA) is 38.3 Å². The van der Waals surface area contributed by atoms with Crippen LogP contribution in [0.15, 0.2) is 40.9 Å². The molecule has 1 saturated carbocycles. The molecule has 4 heteroatoms. The molecular formula is C18H20BrNO2. The summed E-state index contributed by atoms with van der Waals surface area (Å²) in [4.78, 5) is 12.2. The number of hydrogen-bond donors (Lipinski definition) is 1. The van der Waals surface area contributed by atoms with Gasteiger partial charge in [0.1, 0.15) is 5.75 Å². The lowest BCUT2D eigenvalue weighted by Gasteiger charge is -2.18. The number of hydrogen-bond acceptors (Lipinski definition) is 2. The average molecular weight is 362 g/mol. The molecule has 0 saturated heterocycles. The summed E-state index contributed by atoms with van der Waals surface area (Å²) in [5.41, 5.74) is 0. The molecule has 0 radical (unpaired) electrons. The molecule has 1 amide bonds. The second-order valence-electron chi connectivity index (χ2n) is 5.90. The maximum absolute atomic E-state index is 12.2. The number of fused-ring (bicyclic) bond motifs is 1. The number of carbonyl (C=O) groups is 1. The highest BCUT2D eigenvalue weighted by atomic mass is 79.9. The molecule has 1 aliphatic rings. The second-order valence-corrected chi connectivity index (χ2v) is 6.82. The molecule has 0 aromatic heterocycles. The standard InChI is InChI=1S/C18H20BrNO2/c1-12(18(21)20-16-4-2-3-5-16)22-17-9-7-13-10-15(19)8-6-14(13)11-17/h6-12,16H,2-5H2,1H3,(H,20,21)/t12-/m1/s1. The van der Waals surface area contributed by atoms with E-state index >= 15 is 0 Å². The fraction of sp³-hybridized carbons (Fsp3) is 0.389. The number of nitrogens with one attached hydrogen (secondary N) is 1. The van der Waals surface area contributed by atoms with Crippen LogP contribution in [0.3, 0.4) is 0 Å². The number of benzene rings is 2. The van der Waals surface area contributed by atoms with Gasteiger partial charge in [0.2, 0.25) is 0 Å². The summed E-state index contributed by atoms with van der Waals surface area (Å²) in [6.07, 6.45) is 4.11. The minimum atomic E-state index is -0.478. The zero-order chi connectivity index (χ0) is 15.5. The van der Waals surface area contributed by atoms with E-state index in [2.05, 4.69) is 27.3 Å². The highest BCUT2D eigenvalue weighted by molar-refractivity contribution is 9.10. The van der Waals surface area contributed by atoms with Crippen LogP contribution in [-0.4, -0.2) is 18.1 Å². The van der Waals surface area contributed by atoms with Crippen LogP contribution in [0.4, 0.5) is 0 Å². The zero-order valence-corrected chi connectivity index (χ0v) is 14.2. The molecule has 1 N–H and O–H groups in total. The summed E-state index contributed by atoms with van der Waals surface area (Å²) in [5, 5.41) is 5.32. The normalized spacial score (nSPS) is 16.6. The first-order valence-corrected chi connectivity index (χ1v) is 8.57.